The Balaban J connectivity index is 2.18. The average molecular weight is 429 g/mol. The van der Waals surface area contributed by atoms with E-state index >= 15 is 0 Å². The first-order chi connectivity index (χ1) is 10.1. The van der Waals surface area contributed by atoms with E-state index in [1.54, 1.807) is 6.07 Å². The number of thiophene rings is 1. The molecule has 0 radical (unpaired) electrons. The number of oxazole rings is 1. The quantitative estimate of drug-likeness (QED) is 0.615. The van der Waals surface area contributed by atoms with Gasteiger partial charge >= 0.3 is 5.97 Å². The fraction of sp³-hybridized carbons (Fsp3) is 0. The Morgan fingerprint density at radius 1 is 1.24 bits per heavy atom. The molecule has 3 rings (SSSR count). The first-order valence-corrected chi connectivity index (χ1v) is 8.21. The second-order valence-corrected chi connectivity index (χ2v) is 7.86. The van der Waals surface area contributed by atoms with Crippen LogP contribution in [-0.4, -0.2) is 16.1 Å². The molecule has 0 atom stereocenters. The highest BCUT2D eigenvalue weighted by Gasteiger charge is 2.24. The molecule has 0 fully saturated rings. The van der Waals surface area contributed by atoms with Gasteiger partial charge in [-0.2, -0.15) is 0 Å². The lowest BCUT2D eigenvalue weighted by Crippen LogP contribution is -1.98. The second-order valence-electron chi connectivity index (χ2n) is 4.11. The molecule has 0 saturated carbocycles. The lowest BCUT2D eigenvalue weighted by Gasteiger charge is -1.95. The molecular formula is C14H7Br2NO3S. The van der Waals surface area contributed by atoms with E-state index < -0.39 is 5.97 Å². The summed E-state index contributed by atoms with van der Waals surface area (Å²) in [5.74, 6) is -0.586. The highest BCUT2D eigenvalue weighted by Crippen LogP contribution is 2.41. The summed E-state index contributed by atoms with van der Waals surface area (Å²) in [6, 6.07) is 11.0. The van der Waals surface area contributed by atoms with E-state index in [2.05, 4.69) is 36.8 Å². The van der Waals surface area contributed by atoms with Crippen molar-refractivity contribution in [3.63, 3.8) is 0 Å². The summed E-state index contributed by atoms with van der Waals surface area (Å²) in [5.41, 5.74) is 1.30. The Morgan fingerprint density at radius 2 is 1.95 bits per heavy atom. The first kappa shape index (κ1) is 14.5. The molecule has 0 bridgehead atoms. The standard InChI is InChI=1S/C14H7Br2NO3S/c15-9-6-8(12(16)21-9)11-10(14(18)19)17-13(20-11)7-4-2-1-3-5-7/h1-6H,(H,18,19). The molecule has 0 spiro atoms. The van der Waals surface area contributed by atoms with Crippen molar-refractivity contribution in [2.24, 2.45) is 0 Å². The van der Waals surface area contributed by atoms with E-state index in [1.165, 1.54) is 11.3 Å². The summed E-state index contributed by atoms with van der Waals surface area (Å²) in [5, 5.41) is 9.34. The average Bonchev–Trinajstić information content (AvgIpc) is 3.03. The number of aromatic carboxylic acids is 1. The van der Waals surface area contributed by atoms with Crippen molar-refractivity contribution in [3.05, 3.63) is 49.7 Å². The number of carbonyl (C=O) groups is 1. The van der Waals surface area contributed by atoms with Crippen LogP contribution in [0.15, 0.2) is 48.4 Å². The first-order valence-electron chi connectivity index (χ1n) is 5.81. The van der Waals surface area contributed by atoms with Crippen molar-refractivity contribution in [2.45, 2.75) is 0 Å². The van der Waals surface area contributed by atoms with Gasteiger partial charge in [0.1, 0.15) is 0 Å². The summed E-state index contributed by atoms with van der Waals surface area (Å²) in [6.07, 6.45) is 0. The van der Waals surface area contributed by atoms with Gasteiger partial charge in [-0.3, -0.25) is 0 Å². The van der Waals surface area contributed by atoms with Crippen LogP contribution in [0.2, 0.25) is 0 Å². The number of nitrogens with zero attached hydrogens (tertiary/aromatic N) is 1. The van der Waals surface area contributed by atoms with Crippen molar-refractivity contribution >= 4 is 49.2 Å². The van der Waals surface area contributed by atoms with E-state index in [9.17, 15) is 9.90 Å². The van der Waals surface area contributed by atoms with Crippen LogP contribution < -0.4 is 0 Å². The SMILES string of the molecule is O=C(O)c1nc(-c2ccccc2)oc1-c1cc(Br)sc1Br. The summed E-state index contributed by atoms with van der Waals surface area (Å²) in [4.78, 5) is 15.5. The largest absolute Gasteiger partial charge is 0.476 e. The van der Waals surface area contributed by atoms with E-state index in [-0.39, 0.29) is 17.3 Å². The number of carboxylic acid groups (broad SMARTS) is 1. The molecule has 0 amide bonds. The third kappa shape index (κ3) is 2.81. The normalized spacial score (nSPS) is 10.8. The van der Waals surface area contributed by atoms with Crippen molar-refractivity contribution in [2.75, 3.05) is 0 Å². The molecule has 0 aliphatic carbocycles. The molecule has 3 aromatic rings. The maximum atomic E-state index is 11.4. The molecule has 7 heteroatoms. The highest BCUT2D eigenvalue weighted by molar-refractivity contribution is 9.12. The van der Waals surface area contributed by atoms with Gasteiger partial charge in [0, 0.05) is 11.1 Å². The number of halogens is 2. The summed E-state index contributed by atoms with van der Waals surface area (Å²) < 4.78 is 7.36. The van der Waals surface area contributed by atoms with Crippen LogP contribution in [0.4, 0.5) is 0 Å². The van der Waals surface area contributed by atoms with Crippen LogP contribution in [-0.2, 0) is 0 Å². The topological polar surface area (TPSA) is 63.3 Å². The Bertz CT molecular complexity index is 811. The molecule has 1 aromatic carbocycles. The monoisotopic (exact) mass is 427 g/mol. The zero-order chi connectivity index (χ0) is 15.0. The molecule has 21 heavy (non-hydrogen) atoms. The van der Waals surface area contributed by atoms with E-state index in [0.29, 0.717) is 5.56 Å². The van der Waals surface area contributed by atoms with Crippen molar-refractivity contribution in [1.82, 2.24) is 4.98 Å². The number of aromatic nitrogens is 1. The van der Waals surface area contributed by atoms with Crippen LogP contribution in [0, 0.1) is 0 Å². The van der Waals surface area contributed by atoms with Gasteiger partial charge in [-0.05, 0) is 50.1 Å². The van der Waals surface area contributed by atoms with Crippen molar-refractivity contribution < 1.29 is 14.3 Å². The molecule has 4 nitrogen and oxygen atoms in total. The smallest absolute Gasteiger partial charge is 0.358 e. The predicted molar refractivity (Wildman–Crippen MR) is 87.6 cm³/mol. The maximum absolute atomic E-state index is 11.4. The second kappa shape index (κ2) is 5.75. The Hall–Kier alpha value is -1.44. The molecule has 2 heterocycles. The zero-order valence-electron chi connectivity index (χ0n) is 10.3. The molecule has 106 valence electrons. The lowest BCUT2D eigenvalue weighted by molar-refractivity contribution is 0.0691. The number of hydrogen-bond donors (Lipinski definition) is 1. The van der Waals surface area contributed by atoms with Crippen LogP contribution in [0.25, 0.3) is 22.8 Å². The van der Waals surface area contributed by atoms with Gasteiger partial charge in [-0.1, -0.05) is 18.2 Å². The lowest BCUT2D eigenvalue weighted by atomic mass is 10.2. The third-order valence-electron chi connectivity index (χ3n) is 2.75. The van der Waals surface area contributed by atoms with E-state index in [1.807, 2.05) is 30.3 Å². The minimum atomic E-state index is -1.12. The molecule has 1 N–H and O–H groups in total. The van der Waals surface area contributed by atoms with Gasteiger partial charge in [0.2, 0.25) is 5.89 Å². The molecular weight excluding hydrogens is 422 g/mol. The number of hydrogen-bond acceptors (Lipinski definition) is 4. The molecule has 0 unspecified atom stereocenters. The molecule has 0 aliphatic heterocycles. The summed E-state index contributed by atoms with van der Waals surface area (Å²) >= 11 is 8.23. The van der Waals surface area contributed by atoms with Crippen LogP contribution in [0.5, 0.6) is 0 Å². The van der Waals surface area contributed by atoms with Crippen LogP contribution in [0.3, 0.4) is 0 Å². The minimum absolute atomic E-state index is 0.0974. The Kier molecular flexibility index (Phi) is 3.97. The van der Waals surface area contributed by atoms with E-state index in [0.717, 1.165) is 13.1 Å². The van der Waals surface area contributed by atoms with Gasteiger partial charge < -0.3 is 9.52 Å². The van der Waals surface area contributed by atoms with Gasteiger partial charge in [-0.25, -0.2) is 9.78 Å². The van der Waals surface area contributed by atoms with Gasteiger partial charge in [0.25, 0.3) is 0 Å². The fourth-order valence-electron chi connectivity index (χ4n) is 1.85. The van der Waals surface area contributed by atoms with Gasteiger partial charge in [0.15, 0.2) is 11.5 Å². The molecule has 0 saturated heterocycles. The number of rotatable bonds is 3. The van der Waals surface area contributed by atoms with Crippen molar-refractivity contribution in [1.29, 1.82) is 0 Å². The Morgan fingerprint density at radius 3 is 2.52 bits per heavy atom. The van der Waals surface area contributed by atoms with Crippen LogP contribution >= 0.6 is 43.2 Å². The molecule has 2 aromatic heterocycles. The van der Waals surface area contributed by atoms with Gasteiger partial charge in [-0.15, -0.1) is 11.3 Å². The third-order valence-corrected chi connectivity index (χ3v) is 5.09. The maximum Gasteiger partial charge on any atom is 0.358 e. The number of carboxylic acids is 1. The summed E-state index contributed by atoms with van der Waals surface area (Å²) in [6.45, 7) is 0. The molecule has 0 aliphatic rings. The van der Waals surface area contributed by atoms with Crippen LogP contribution in [0.1, 0.15) is 10.5 Å². The predicted octanol–water partition coefficient (Wildman–Crippen LogP) is 5.29. The van der Waals surface area contributed by atoms with Gasteiger partial charge in [0.05, 0.1) is 7.57 Å². The summed E-state index contributed by atoms with van der Waals surface area (Å²) in [7, 11) is 0. The number of benzene rings is 1. The van der Waals surface area contributed by atoms with Crippen molar-refractivity contribution in [3.8, 4) is 22.8 Å². The zero-order valence-corrected chi connectivity index (χ0v) is 14.3. The Labute approximate surface area is 140 Å². The minimum Gasteiger partial charge on any atom is -0.476 e. The fourth-order valence-corrected chi connectivity index (χ4v) is 4.64. The van der Waals surface area contributed by atoms with E-state index in [4.69, 9.17) is 4.42 Å². The highest BCUT2D eigenvalue weighted by atomic mass is 79.9.